The van der Waals surface area contributed by atoms with Gasteiger partial charge in [0, 0.05) is 12.2 Å². The summed E-state index contributed by atoms with van der Waals surface area (Å²) in [6.07, 6.45) is 4.46. The molecule has 23 heavy (non-hydrogen) atoms. The third-order valence-corrected chi connectivity index (χ3v) is 3.47. The predicted octanol–water partition coefficient (Wildman–Crippen LogP) is 2.23. The van der Waals surface area contributed by atoms with Crippen LogP contribution in [0, 0.1) is 0 Å². The van der Waals surface area contributed by atoms with Crippen molar-refractivity contribution in [2.24, 2.45) is 0 Å². The van der Waals surface area contributed by atoms with Gasteiger partial charge < -0.3 is 14.6 Å². The highest BCUT2D eigenvalue weighted by atomic mass is 16.3. The Kier molecular flexibility index (Phi) is 5.51. The Hall–Kier alpha value is -2.63. The van der Waals surface area contributed by atoms with E-state index in [1.165, 1.54) is 12.5 Å². The van der Waals surface area contributed by atoms with Gasteiger partial charge in [0.25, 0.3) is 5.91 Å². The summed E-state index contributed by atoms with van der Waals surface area (Å²) in [5.74, 6) is -0.483. The molecule has 0 aliphatic rings. The molecule has 0 spiro atoms. The predicted molar refractivity (Wildman–Crippen MR) is 85.6 cm³/mol. The SMILES string of the molecule is CC(C)N(Cc1ccccn1)C(=O)[C@H](C)NC(=O)c1ccoc1. The van der Waals surface area contributed by atoms with Crippen molar-refractivity contribution < 1.29 is 14.0 Å². The number of carbonyl (C=O) groups excluding carboxylic acids is 2. The lowest BCUT2D eigenvalue weighted by atomic mass is 10.2. The van der Waals surface area contributed by atoms with Gasteiger partial charge in [-0.1, -0.05) is 6.07 Å². The Bertz CT molecular complexity index is 638. The molecule has 2 amide bonds. The van der Waals surface area contributed by atoms with Crippen molar-refractivity contribution in [2.45, 2.75) is 39.4 Å². The Balaban J connectivity index is 2.03. The number of pyridine rings is 1. The number of carbonyl (C=O) groups is 2. The van der Waals surface area contributed by atoms with E-state index in [9.17, 15) is 9.59 Å². The van der Waals surface area contributed by atoms with E-state index >= 15 is 0 Å². The van der Waals surface area contributed by atoms with Crippen LogP contribution in [0.25, 0.3) is 0 Å². The smallest absolute Gasteiger partial charge is 0.255 e. The first kappa shape index (κ1) is 16.7. The highest BCUT2D eigenvalue weighted by molar-refractivity contribution is 5.97. The second kappa shape index (κ2) is 7.58. The Labute approximate surface area is 135 Å². The van der Waals surface area contributed by atoms with E-state index in [1.54, 1.807) is 24.1 Å². The molecule has 0 radical (unpaired) electrons. The maximum Gasteiger partial charge on any atom is 0.255 e. The van der Waals surface area contributed by atoms with E-state index in [2.05, 4.69) is 10.3 Å². The maximum atomic E-state index is 12.7. The van der Waals surface area contributed by atoms with Crippen molar-refractivity contribution in [3.63, 3.8) is 0 Å². The van der Waals surface area contributed by atoms with E-state index < -0.39 is 6.04 Å². The summed E-state index contributed by atoms with van der Waals surface area (Å²) in [7, 11) is 0. The van der Waals surface area contributed by atoms with Gasteiger partial charge in [-0.25, -0.2) is 0 Å². The molecule has 2 heterocycles. The first-order chi connectivity index (χ1) is 11.0. The fourth-order valence-corrected chi connectivity index (χ4v) is 2.17. The Morgan fingerprint density at radius 3 is 2.61 bits per heavy atom. The van der Waals surface area contributed by atoms with Gasteiger partial charge in [0.05, 0.1) is 24.1 Å². The van der Waals surface area contributed by atoms with Crippen LogP contribution >= 0.6 is 0 Å². The molecule has 0 bridgehead atoms. The quantitative estimate of drug-likeness (QED) is 0.887. The first-order valence-corrected chi connectivity index (χ1v) is 7.52. The molecule has 0 aliphatic carbocycles. The molecular weight excluding hydrogens is 294 g/mol. The molecule has 1 atom stereocenters. The lowest BCUT2D eigenvalue weighted by molar-refractivity contribution is -0.135. The van der Waals surface area contributed by atoms with Crippen molar-refractivity contribution in [1.82, 2.24) is 15.2 Å². The molecule has 6 heteroatoms. The third kappa shape index (κ3) is 4.42. The zero-order chi connectivity index (χ0) is 16.8. The van der Waals surface area contributed by atoms with Crippen LogP contribution in [0.4, 0.5) is 0 Å². The summed E-state index contributed by atoms with van der Waals surface area (Å²) in [4.78, 5) is 30.6. The first-order valence-electron chi connectivity index (χ1n) is 7.52. The largest absolute Gasteiger partial charge is 0.472 e. The summed E-state index contributed by atoms with van der Waals surface area (Å²) >= 11 is 0. The lowest BCUT2D eigenvalue weighted by Gasteiger charge is -2.29. The van der Waals surface area contributed by atoms with Crippen LogP contribution in [-0.4, -0.2) is 33.8 Å². The van der Waals surface area contributed by atoms with E-state index in [0.717, 1.165) is 5.69 Å². The summed E-state index contributed by atoms with van der Waals surface area (Å²) in [6.45, 7) is 5.95. The minimum atomic E-state index is -0.636. The summed E-state index contributed by atoms with van der Waals surface area (Å²) in [5.41, 5.74) is 1.20. The van der Waals surface area contributed by atoms with E-state index in [1.807, 2.05) is 32.0 Å². The number of hydrogen-bond donors (Lipinski definition) is 1. The van der Waals surface area contributed by atoms with E-state index in [4.69, 9.17) is 4.42 Å². The fraction of sp³-hybridized carbons (Fsp3) is 0.353. The highest BCUT2D eigenvalue weighted by Crippen LogP contribution is 2.09. The number of aromatic nitrogens is 1. The van der Waals surface area contributed by atoms with Crippen molar-refractivity contribution >= 4 is 11.8 Å². The molecule has 0 saturated carbocycles. The molecule has 0 fully saturated rings. The summed E-state index contributed by atoms with van der Waals surface area (Å²) in [6, 6.07) is 6.51. The highest BCUT2D eigenvalue weighted by Gasteiger charge is 2.25. The molecule has 2 rings (SSSR count). The monoisotopic (exact) mass is 315 g/mol. The van der Waals surface area contributed by atoms with Crippen molar-refractivity contribution in [2.75, 3.05) is 0 Å². The summed E-state index contributed by atoms with van der Waals surface area (Å²) in [5, 5.41) is 2.69. The van der Waals surface area contributed by atoms with Crippen molar-refractivity contribution in [3.05, 3.63) is 54.2 Å². The number of rotatable bonds is 6. The standard InChI is InChI=1S/C17H21N3O3/c1-12(2)20(10-15-6-4-5-8-18-15)17(22)13(3)19-16(21)14-7-9-23-11-14/h4-9,11-13H,10H2,1-3H3,(H,19,21)/t13-/m0/s1. The fourth-order valence-electron chi connectivity index (χ4n) is 2.17. The van der Waals surface area contributed by atoms with E-state index in [0.29, 0.717) is 12.1 Å². The topological polar surface area (TPSA) is 75.4 Å². The molecule has 122 valence electrons. The molecule has 1 N–H and O–H groups in total. The number of nitrogens with zero attached hydrogens (tertiary/aromatic N) is 2. The van der Waals surface area contributed by atoms with Gasteiger partial charge in [0.1, 0.15) is 12.3 Å². The average molecular weight is 315 g/mol. The zero-order valence-corrected chi connectivity index (χ0v) is 13.5. The summed E-state index contributed by atoms with van der Waals surface area (Å²) < 4.78 is 4.88. The number of nitrogens with one attached hydrogen (secondary N) is 1. The number of hydrogen-bond acceptors (Lipinski definition) is 4. The molecule has 0 saturated heterocycles. The second-order valence-corrected chi connectivity index (χ2v) is 5.59. The van der Waals surface area contributed by atoms with E-state index in [-0.39, 0.29) is 17.9 Å². The zero-order valence-electron chi connectivity index (χ0n) is 13.5. The normalized spacial score (nSPS) is 12.0. The molecule has 6 nitrogen and oxygen atoms in total. The Morgan fingerprint density at radius 2 is 2.04 bits per heavy atom. The molecule has 0 aromatic carbocycles. The van der Waals surface area contributed by atoms with Gasteiger partial charge in [0.2, 0.25) is 5.91 Å². The van der Waals surface area contributed by atoms with Crippen LogP contribution in [-0.2, 0) is 11.3 Å². The number of furan rings is 1. The van der Waals surface area contributed by atoms with Gasteiger partial charge in [-0.15, -0.1) is 0 Å². The average Bonchev–Trinajstić information content (AvgIpc) is 3.07. The van der Waals surface area contributed by atoms with Crippen LogP contribution in [0.3, 0.4) is 0 Å². The van der Waals surface area contributed by atoms with Gasteiger partial charge >= 0.3 is 0 Å². The van der Waals surface area contributed by atoms with Gasteiger partial charge in [-0.3, -0.25) is 14.6 Å². The molecule has 0 aliphatic heterocycles. The van der Waals surface area contributed by atoms with Gasteiger partial charge in [0.15, 0.2) is 0 Å². The molecule has 2 aromatic heterocycles. The van der Waals surface area contributed by atoms with Crippen LogP contribution in [0.1, 0.15) is 36.8 Å². The van der Waals surface area contributed by atoms with Crippen LogP contribution < -0.4 is 5.32 Å². The van der Waals surface area contributed by atoms with Crippen molar-refractivity contribution in [3.8, 4) is 0 Å². The lowest BCUT2D eigenvalue weighted by Crippen LogP contribution is -2.49. The van der Waals surface area contributed by atoms with Crippen LogP contribution in [0.5, 0.6) is 0 Å². The minimum absolute atomic E-state index is 0.00205. The van der Waals surface area contributed by atoms with Crippen LogP contribution in [0.15, 0.2) is 47.4 Å². The third-order valence-electron chi connectivity index (χ3n) is 3.47. The van der Waals surface area contributed by atoms with Crippen LogP contribution in [0.2, 0.25) is 0 Å². The van der Waals surface area contributed by atoms with Gasteiger partial charge in [-0.05, 0) is 39.0 Å². The molecular formula is C17H21N3O3. The van der Waals surface area contributed by atoms with Crippen molar-refractivity contribution in [1.29, 1.82) is 0 Å². The van der Waals surface area contributed by atoms with Gasteiger partial charge in [-0.2, -0.15) is 0 Å². The molecule has 2 aromatic rings. The Morgan fingerprint density at radius 1 is 1.26 bits per heavy atom. The second-order valence-electron chi connectivity index (χ2n) is 5.59. The number of amides is 2. The maximum absolute atomic E-state index is 12.7. The minimum Gasteiger partial charge on any atom is -0.472 e. The molecule has 0 unspecified atom stereocenters.